The fourth-order valence-corrected chi connectivity index (χ4v) is 4.01. The number of aromatic nitrogens is 1. The van der Waals surface area contributed by atoms with Gasteiger partial charge in [-0.3, -0.25) is 4.99 Å². The topological polar surface area (TPSA) is 61.8 Å². The van der Waals surface area contributed by atoms with Crippen LogP contribution in [0.5, 0.6) is 0 Å². The highest BCUT2D eigenvalue weighted by atomic mass is 32.1. The maximum atomic E-state index is 5.45. The number of anilines is 1. The van der Waals surface area contributed by atoms with Crippen LogP contribution in [-0.4, -0.2) is 50.8 Å². The molecule has 0 amide bonds. The minimum Gasteiger partial charge on any atom is -0.378 e. The van der Waals surface area contributed by atoms with Gasteiger partial charge < -0.3 is 20.3 Å². The fourth-order valence-electron chi connectivity index (χ4n) is 3.14. The van der Waals surface area contributed by atoms with Crippen molar-refractivity contribution in [3.05, 3.63) is 46.3 Å². The van der Waals surface area contributed by atoms with Gasteiger partial charge in [-0.25, -0.2) is 4.98 Å². The van der Waals surface area contributed by atoms with Crippen molar-refractivity contribution in [2.24, 2.45) is 10.9 Å². The molecule has 1 aliphatic heterocycles. The monoisotopic (exact) mass is 387 g/mol. The van der Waals surface area contributed by atoms with Crippen molar-refractivity contribution in [1.82, 2.24) is 15.6 Å². The van der Waals surface area contributed by atoms with Crippen LogP contribution in [0.25, 0.3) is 0 Å². The van der Waals surface area contributed by atoms with E-state index < -0.39 is 0 Å². The van der Waals surface area contributed by atoms with Gasteiger partial charge in [0.05, 0.1) is 13.2 Å². The molecular formula is C20H29N5OS. The van der Waals surface area contributed by atoms with Crippen LogP contribution in [-0.2, 0) is 17.7 Å². The zero-order valence-electron chi connectivity index (χ0n) is 16.1. The number of guanidine groups is 1. The van der Waals surface area contributed by atoms with Gasteiger partial charge in [0.1, 0.15) is 5.82 Å². The third-order valence-corrected chi connectivity index (χ3v) is 5.49. The Morgan fingerprint density at radius 2 is 2.15 bits per heavy atom. The summed E-state index contributed by atoms with van der Waals surface area (Å²) in [5, 5.41) is 9.00. The van der Waals surface area contributed by atoms with Crippen LogP contribution in [0, 0.1) is 5.92 Å². The van der Waals surface area contributed by atoms with Gasteiger partial charge in [-0.15, -0.1) is 11.3 Å². The molecule has 7 heteroatoms. The molecule has 2 aromatic rings. The van der Waals surface area contributed by atoms with Crippen molar-refractivity contribution in [2.75, 3.05) is 44.8 Å². The molecule has 6 nitrogen and oxygen atoms in total. The van der Waals surface area contributed by atoms with Crippen LogP contribution in [0.4, 0.5) is 5.82 Å². The Balaban J connectivity index is 1.50. The van der Waals surface area contributed by atoms with Crippen molar-refractivity contribution >= 4 is 23.1 Å². The van der Waals surface area contributed by atoms with E-state index in [9.17, 15) is 0 Å². The summed E-state index contributed by atoms with van der Waals surface area (Å²) < 4.78 is 5.45. The van der Waals surface area contributed by atoms with Gasteiger partial charge in [-0.05, 0) is 29.9 Å². The van der Waals surface area contributed by atoms with E-state index in [4.69, 9.17) is 4.74 Å². The number of hydrogen-bond acceptors (Lipinski definition) is 5. The van der Waals surface area contributed by atoms with Crippen LogP contribution in [0.2, 0.25) is 0 Å². The second-order valence-electron chi connectivity index (χ2n) is 6.78. The molecule has 2 aromatic heterocycles. The number of rotatable bonds is 7. The number of pyridine rings is 1. The Bertz CT molecular complexity index is 713. The summed E-state index contributed by atoms with van der Waals surface area (Å²) in [6.45, 7) is 7.14. The molecule has 1 fully saturated rings. The van der Waals surface area contributed by atoms with Crippen LogP contribution >= 0.6 is 11.3 Å². The smallest absolute Gasteiger partial charge is 0.191 e. The van der Waals surface area contributed by atoms with Gasteiger partial charge in [0.2, 0.25) is 0 Å². The molecule has 0 saturated carbocycles. The summed E-state index contributed by atoms with van der Waals surface area (Å²) in [6, 6.07) is 8.42. The van der Waals surface area contributed by atoms with Gasteiger partial charge in [0.15, 0.2) is 5.96 Å². The summed E-state index contributed by atoms with van der Waals surface area (Å²) in [4.78, 5) is 12.7. The maximum absolute atomic E-state index is 5.45. The summed E-state index contributed by atoms with van der Waals surface area (Å²) in [7, 11) is 1.81. The Hall–Kier alpha value is -2.12. The predicted octanol–water partition coefficient (Wildman–Crippen LogP) is 2.52. The molecule has 3 heterocycles. The average Bonchev–Trinajstić information content (AvgIpc) is 3.22. The lowest BCUT2D eigenvalue weighted by molar-refractivity contribution is 0.122. The molecule has 1 saturated heterocycles. The van der Waals surface area contributed by atoms with Gasteiger partial charge in [-0.1, -0.05) is 19.1 Å². The van der Waals surface area contributed by atoms with Crippen molar-refractivity contribution in [2.45, 2.75) is 19.9 Å². The first kappa shape index (κ1) is 19.6. The van der Waals surface area contributed by atoms with Crippen molar-refractivity contribution in [3.8, 4) is 0 Å². The Labute approximate surface area is 165 Å². The fraction of sp³-hybridized carbons (Fsp3) is 0.500. The zero-order valence-corrected chi connectivity index (χ0v) is 17.0. The molecule has 1 atom stereocenters. The van der Waals surface area contributed by atoms with Gasteiger partial charge in [-0.2, -0.15) is 0 Å². The SMILES string of the molecule is CN=C(NCc1cccnc1N1CCOCC1)NCC(C)Cc1cccs1. The molecule has 2 N–H and O–H groups in total. The van der Waals surface area contributed by atoms with Crippen molar-refractivity contribution in [3.63, 3.8) is 0 Å². The highest BCUT2D eigenvalue weighted by molar-refractivity contribution is 7.09. The van der Waals surface area contributed by atoms with E-state index in [1.807, 2.05) is 30.6 Å². The van der Waals surface area contributed by atoms with E-state index in [1.165, 1.54) is 10.4 Å². The third kappa shape index (κ3) is 5.94. The summed E-state index contributed by atoms with van der Waals surface area (Å²) >= 11 is 1.82. The number of ether oxygens (including phenoxy) is 1. The summed E-state index contributed by atoms with van der Waals surface area (Å²) in [5.41, 5.74) is 1.17. The Kier molecular flexibility index (Phi) is 7.47. The third-order valence-electron chi connectivity index (χ3n) is 4.60. The highest BCUT2D eigenvalue weighted by Crippen LogP contribution is 2.18. The standard InChI is InChI=1S/C20H29N5OS/c1-16(13-18-6-4-12-27-18)14-23-20(21-2)24-15-17-5-3-7-22-19(17)25-8-10-26-11-9-25/h3-7,12,16H,8-11,13-15H2,1-2H3,(H2,21,23,24). The molecule has 0 aromatic carbocycles. The van der Waals surface area contributed by atoms with Crippen LogP contribution in [0.1, 0.15) is 17.4 Å². The van der Waals surface area contributed by atoms with Gasteiger partial charge >= 0.3 is 0 Å². The van der Waals surface area contributed by atoms with E-state index >= 15 is 0 Å². The lowest BCUT2D eigenvalue weighted by Crippen LogP contribution is -2.40. The van der Waals surface area contributed by atoms with E-state index in [1.54, 1.807) is 0 Å². The second-order valence-corrected chi connectivity index (χ2v) is 7.81. The largest absolute Gasteiger partial charge is 0.378 e. The minimum atomic E-state index is 0.546. The van der Waals surface area contributed by atoms with Crippen LogP contribution < -0.4 is 15.5 Å². The normalized spacial score (nSPS) is 16.2. The van der Waals surface area contributed by atoms with Crippen molar-refractivity contribution < 1.29 is 4.74 Å². The molecule has 0 spiro atoms. The van der Waals surface area contributed by atoms with Crippen molar-refractivity contribution in [1.29, 1.82) is 0 Å². The number of nitrogens with zero attached hydrogens (tertiary/aromatic N) is 3. The van der Waals surface area contributed by atoms with Gasteiger partial charge in [0, 0.05) is 49.9 Å². The number of hydrogen-bond donors (Lipinski definition) is 2. The predicted molar refractivity (Wildman–Crippen MR) is 113 cm³/mol. The maximum Gasteiger partial charge on any atom is 0.191 e. The summed E-state index contributed by atoms with van der Waals surface area (Å²) in [5.74, 6) is 2.41. The first-order valence-corrected chi connectivity index (χ1v) is 10.4. The molecule has 0 aliphatic carbocycles. The molecule has 0 radical (unpaired) electrons. The quantitative estimate of drug-likeness (QED) is 0.565. The summed E-state index contributed by atoms with van der Waals surface area (Å²) in [6.07, 6.45) is 2.94. The molecule has 27 heavy (non-hydrogen) atoms. The number of morpholine rings is 1. The molecular weight excluding hydrogens is 358 g/mol. The van der Waals surface area contributed by atoms with Crippen LogP contribution in [0.15, 0.2) is 40.8 Å². The number of thiophene rings is 1. The average molecular weight is 388 g/mol. The molecule has 1 unspecified atom stereocenters. The first-order valence-electron chi connectivity index (χ1n) is 9.49. The van der Waals surface area contributed by atoms with E-state index in [0.29, 0.717) is 12.5 Å². The van der Waals surface area contributed by atoms with E-state index in [0.717, 1.165) is 51.0 Å². The first-order chi connectivity index (χ1) is 13.3. The second kappa shape index (κ2) is 10.3. The number of aliphatic imine (C=N–C) groups is 1. The number of nitrogens with one attached hydrogen (secondary N) is 2. The van der Waals surface area contributed by atoms with E-state index in [-0.39, 0.29) is 0 Å². The lowest BCUT2D eigenvalue weighted by atomic mass is 10.1. The minimum absolute atomic E-state index is 0.546. The molecule has 146 valence electrons. The molecule has 0 bridgehead atoms. The van der Waals surface area contributed by atoms with Crippen LogP contribution in [0.3, 0.4) is 0 Å². The highest BCUT2D eigenvalue weighted by Gasteiger charge is 2.16. The van der Waals surface area contributed by atoms with Gasteiger partial charge in [0.25, 0.3) is 0 Å². The lowest BCUT2D eigenvalue weighted by Gasteiger charge is -2.29. The molecule has 1 aliphatic rings. The van der Waals surface area contributed by atoms with E-state index in [2.05, 4.69) is 56.0 Å². The Morgan fingerprint density at radius 1 is 1.30 bits per heavy atom. The molecule has 3 rings (SSSR count). The zero-order chi connectivity index (χ0) is 18.9. The Morgan fingerprint density at radius 3 is 2.89 bits per heavy atom.